The predicted molar refractivity (Wildman–Crippen MR) is 72.5 cm³/mol. The number of rotatable bonds is 6. The van der Waals surface area contributed by atoms with Crippen LogP contribution in [-0.4, -0.2) is 29.3 Å². The van der Waals surface area contributed by atoms with Crippen LogP contribution >= 0.6 is 0 Å². The summed E-state index contributed by atoms with van der Waals surface area (Å²) in [5.74, 6) is 0.0563. The van der Waals surface area contributed by atoms with Gasteiger partial charge in [0.05, 0.1) is 18.0 Å². The van der Waals surface area contributed by atoms with Crippen LogP contribution in [0.5, 0.6) is 0 Å². The van der Waals surface area contributed by atoms with Crippen LogP contribution in [0.15, 0.2) is 4.79 Å². The van der Waals surface area contributed by atoms with E-state index in [1.54, 1.807) is 11.6 Å². The fourth-order valence-electron chi connectivity index (χ4n) is 1.98. The highest BCUT2D eigenvalue weighted by atomic mass is 32.2. The van der Waals surface area contributed by atoms with E-state index in [1.807, 2.05) is 13.8 Å². The van der Waals surface area contributed by atoms with E-state index in [-0.39, 0.29) is 29.3 Å². The molecule has 0 unspecified atom stereocenters. The second kappa shape index (κ2) is 5.60. The maximum atomic E-state index is 12.0. The Balaban J connectivity index is 3.14. The number of hydrogen-bond acceptors (Lipinski definition) is 4. The minimum atomic E-state index is -3.08. The van der Waals surface area contributed by atoms with Gasteiger partial charge in [-0.15, -0.1) is 0 Å². The zero-order valence-electron chi connectivity index (χ0n) is 11.1. The lowest BCUT2D eigenvalue weighted by Crippen LogP contribution is -2.28. The van der Waals surface area contributed by atoms with Gasteiger partial charge < -0.3 is 5.73 Å². The van der Waals surface area contributed by atoms with Crippen LogP contribution in [0.1, 0.15) is 26.5 Å². The van der Waals surface area contributed by atoms with E-state index >= 15 is 0 Å². The summed E-state index contributed by atoms with van der Waals surface area (Å²) in [5.41, 5.74) is 6.47. The maximum Gasteiger partial charge on any atom is 0.290 e. The first-order chi connectivity index (χ1) is 8.37. The quantitative estimate of drug-likeness (QED) is 0.806. The van der Waals surface area contributed by atoms with Gasteiger partial charge in [0, 0.05) is 12.3 Å². The number of hydrogen-bond donors (Lipinski definition) is 1. The van der Waals surface area contributed by atoms with Crippen LogP contribution in [0.25, 0.3) is 0 Å². The van der Waals surface area contributed by atoms with Gasteiger partial charge in [-0.2, -0.15) is 0 Å². The summed E-state index contributed by atoms with van der Waals surface area (Å²) in [6.07, 6.45) is 0.655. The minimum absolute atomic E-state index is 0.0317. The Morgan fingerprint density at radius 3 is 2.22 bits per heavy atom. The molecule has 0 aliphatic rings. The first kappa shape index (κ1) is 14.8. The van der Waals surface area contributed by atoms with Crippen LogP contribution in [-0.2, 0) is 29.3 Å². The van der Waals surface area contributed by atoms with Crippen molar-refractivity contribution in [2.24, 2.45) is 0 Å². The standard InChI is InChI=1S/C11H21N3O3S/c1-4-9-10(12)11(15)14(13(9)5-2)7-8-18(16,17)6-3/h4-8,12H2,1-3H3. The zero-order chi connectivity index (χ0) is 13.9. The summed E-state index contributed by atoms with van der Waals surface area (Å²) in [7, 11) is -3.08. The molecule has 104 valence electrons. The molecule has 0 aliphatic carbocycles. The third kappa shape index (κ3) is 2.77. The normalized spacial score (nSPS) is 11.9. The molecule has 0 saturated heterocycles. The smallest absolute Gasteiger partial charge is 0.290 e. The van der Waals surface area contributed by atoms with Crippen molar-refractivity contribution < 1.29 is 8.42 Å². The highest BCUT2D eigenvalue weighted by molar-refractivity contribution is 7.91. The van der Waals surface area contributed by atoms with Crippen molar-refractivity contribution in [1.82, 2.24) is 9.36 Å². The summed E-state index contributed by atoms with van der Waals surface area (Å²) >= 11 is 0. The highest BCUT2D eigenvalue weighted by Crippen LogP contribution is 2.09. The van der Waals surface area contributed by atoms with Crippen LogP contribution < -0.4 is 11.3 Å². The largest absolute Gasteiger partial charge is 0.393 e. The van der Waals surface area contributed by atoms with Crippen LogP contribution in [0.4, 0.5) is 5.69 Å². The van der Waals surface area contributed by atoms with Gasteiger partial charge in [-0.3, -0.25) is 9.48 Å². The van der Waals surface area contributed by atoms with Crippen molar-refractivity contribution in [3.05, 3.63) is 16.0 Å². The molecule has 6 nitrogen and oxygen atoms in total. The van der Waals surface area contributed by atoms with Gasteiger partial charge in [-0.1, -0.05) is 13.8 Å². The van der Waals surface area contributed by atoms with Gasteiger partial charge >= 0.3 is 0 Å². The molecular formula is C11H21N3O3S. The number of nitrogen functional groups attached to an aromatic ring is 1. The van der Waals surface area contributed by atoms with Gasteiger partial charge in [0.1, 0.15) is 5.69 Å². The number of anilines is 1. The maximum absolute atomic E-state index is 12.0. The Kier molecular flexibility index (Phi) is 4.61. The van der Waals surface area contributed by atoms with Gasteiger partial charge in [-0.25, -0.2) is 13.1 Å². The summed E-state index contributed by atoms with van der Waals surface area (Å²) in [6, 6.07) is 0. The molecule has 18 heavy (non-hydrogen) atoms. The first-order valence-corrected chi connectivity index (χ1v) is 7.98. The molecule has 0 spiro atoms. The lowest BCUT2D eigenvalue weighted by Gasteiger charge is -2.12. The van der Waals surface area contributed by atoms with E-state index in [1.165, 1.54) is 4.68 Å². The van der Waals surface area contributed by atoms with E-state index in [2.05, 4.69) is 0 Å². The lowest BCUT2D eigenvalue weighted by molar-refractivity contribution is 0.461. The van der Waals surface area contributed by atoms with E-state index in [9.17, 15) is 13.2 Å². The van der Waals surface area contributed by atoms with Crippen LogP contribution in [0, 0.1) is 0 Å². The van der Waals surface area contributed by atoms with Crippen molar-refractivity contribution in [1.29, 1.82) is 0 Å². The molecule has 1 aromatic heterocycles. The average Bonchev–Trinajstić information content (AvgIpc) is 2.59. The summed E-state index contributed by atoms with van der Waals surface area (Å²) in [5, 5.41) is 0. The molecule has 0 bridgehead atoms. The third-order valence-corrected chi connectivity index (χ3v) is 4.75. The number of nitrogens with zero attached hydrogens (tertiary/aromatic N) is 2. The molecule has 7 heteroatoms. The monoisotopic (exact) mass is 275 g/mol. The van der Waals surface area contributed by atoms with Gasteiger partial charge in [0.2, 0.25) is 0 Å². The molecule has 1 heterocycles. The Bertz CT molecular complexity index is 569. The second-order valence-electron chi connectivity index (χ2n) is 4.09. The summed E-state index contributed by atoms with van der Waals surface area (Å²) in [4.78, 5) is 12.0. The highest BCUT2D eigenvalue weighted by Gasteiger charge is 2.17. The fraction of sp³-hybridized carbons (Fsp3) is 0.727. The molecule has 0 amide bonds. The fourth-order valence-corrected chi connectivity index (χ4v) is 2.72. The van der Waals surface area contributed by atoms with Gasteiger partial charge in [0.15, 0.2) is 9.84 Å². The van der Waals surface area contributed by atoms with E-state index in [4.69, 9.17) is 5.73 Å². The van der Waals surface area contributed by atoms with Crippen LogP contribution in [0.2, 0.25) is 0 Å². The van der Waals surface area contributed by atoms with Crippen molar-refractivity contribution in [2.75, 3.05) is 17.2 Å². The molecule has 0 atom stereocenters. The Morgan fingerprint density at radius 2 is 1.78 bits per heavy atom. The van der Waals surface area contributed by atoms with Crippen molar-refractivity contribution in [3.63, 3.8) is 0 Å². The second-order valence-corrected chi connectivity index (χ2v) is 6.57. The summed E-state index contributed by atoms with van der Waals surface area (Å²) < 4.78 is 26.2. The van der Waals surface area contributed by atoms with Crippen molar-refractivity contribution in [2.45, 2.75) is 40.3 Å². The Morgan fingerprint density at radius 1 is 1.17 bits per heavy atom. The molecule has 0 aliphatic heterocycles. The topological polar surface area (TPSA) is 87.1 Å². The zero-order valence-corrected chi connectivity index (χ0v) is 12.0. The molecular weight excluding hydrogens is 254 g/mol. The van der Waals surface area contributed by atoms with E-state index in [0.29, 0.717) is 13.0 Å². The SMILES string of the molecule is CCc1c(N)c(=O)n(CCS(=O)(=O)CC)n1CC. The van der Waals surface area contributed by atoms with Crippen LogP contribution in [0.3, 0.4) is 0 Å². The molecule has 0 fully saturated rings. The number of sulfone groups is 1. The first-order valence-electron chi connectivity index (χ1n) is 6.16. The Labute approximate surface area is 107 Å². The van der Waals surface area contributed by atoms with Gasteiger partial charge in [0.25, 0.3) is 5.56 Å². The summed E-state index contributed by atoms with van der Waals surface area (Å²) in [6.45, 7) is 6.19. The van der Waals surface area contributed by atoms with Crippen molar-refractivity contribution >= 4 is 15.5 Å². The van der Waals surface area contributed by atoms with Crippen molar-refractivity contribution in [3.8, 4) is 0 Å². The Hall–Kier alpha value is -1.24. The van der Waals surface area contributed by atoms with Gasteiger partial charge in [-0.05, 0) is 13.3 Å². The predicted octanol–water partition coefficient (Wildman–Crippen LogP) is 0.249. The molecule has 0 saturated carbocycles. The average molecular weight is 275 g/mol. The number of aromatic nitrogens is 2. The molecule has 0 aromatic carbocycles. The van der Waals surface area contributed by atoms with E-state index < -0.39 is 9.84 Å². The number of nitrogens with two attached hydrogens (primary N) is 1. The molecule has 2 N–H and O–H groups in total. The molecule has 0 radical (unpaired) electrons. The van der Waals surface area contributed by atoms with E-state index in [0.717, 1.165) is 5.69 Å². The minimum Gasteiger partial charge on any atom is -0.393 e. The molecule has 1 rings (SSSR count). The lowest BCUT2D eigenvalue weighted by atomic mass is 10.3. The third-order valence-electron chi connectivity index (χ3n) is 3.07. The molecule has 1 aromatic rings.